The van der Waals surface area contributed by atoms with Crippen LogP contribution in [0.25, 0.3) is 0 Å². The van der Waals surface area contributed by atoms with Gasteiger partial charge in [0, 0.05) is 10.8 Å². The van der Waals surface area contributed by atoms with Crippen LogP contribution in [-0.4, -0.2) is 5.54 Å². The zero-order chi connectivity index (χ0) is 14.4. The van der Waals surface area contributed by atoms with Crippen molar-refractivity contribution in [2.24, 2.45) is 21.2 Å². The van der Waals surface area contributed by atoms with Gasteiger partial charge in [-0.2, -0.15) is 5.11 Å². The standard InChI is InChI=1S/C17H21N3/c1-11-12(2)15(4)14(11,3)16(5)17(15,19-20-18-16)13-9-7-6-8-10-13/h6-10H,1-5H3,(H,18,19)/t14-,15-,16+,17+/m0/s1. The van der Waals surface area contributed by atoms with Gasteiger partial charge in [-0.05, 0) is 26.3 Å². The van der Waals surface area contributed by atoms with Crippen molar-refractivity contribution in [2.75, 3.05) is 0 Å². The largest absolute Gasteiger partial charge is 0.282 e. The van der Waals surface area contributed by atoms with E-state index >= 15 is 0 Å². The van der Waals surface area contributed by atoms with E-state index in [-0.39, 0.29) is 21.9 Å². The molecule has 3 nitrogen and oxygen atoms in total. The molecule has 0 bridgehead atoms. The number of nitrogens with one attached hydrogen (secondary N) is 1. The molecule has 1 aromatic rings. The highest BCUT2D eigenvalue weighted by atomic mass is 15.6. The predicted octanol–water partition coefficient (Wildman–Crippen LogP) is 3.99. The Hall–Kier alpha value is -1.64. The molecule has 1 aromatic carbocycles. The first kappa shape index (κ1) is 12.1. The summed E-state index contributed by atoms with van der Waals surface area (Å²) in [4.78, 5) is 0. The van der Waals surface area contributed by atoms with Gasteiger partial charge in [-0.1, -0.05) is 60.5 Å². The van der Waals surface area contributed by atoms with Crippen molar-refractivity contribution in [3.63, 3.8) is 0 Å². The van der Waals surface area contributed by atoms with E-state index in [1.165, 1.54) is 16.7 Å². The Morgan fingerprint density at radius 3 is 2.15 bits per heavy atom. The summed E-state index contributed by atoms with van der Waals surface area (Å²) in [5.74, 6) is 0. The maximum atomic E-state index is 4.74. The molecule has 1 N–H and O–H groups in total. The molecule has 20 heavy (non-hydrogen) atoms. The highest BCUT2D eigenvalue weighted by Gasteiger charge is 2.90. The Kier molecular flexibility index (Phi) is 1.82. The van der Waals surface area contributed by atoms with Gasteiger partial charge >= 0.3 is 0 Å². The molecule has 2 aliphatic carbocycles. The van der Waals surface area contributed by atoms with Crippen molar-refractivity contribution in [1.29, 1.82) is 0 Å². The Bertz CT molecular complexity index is 677. The van der Waals surface area contributed by atoms with E-state index in [0.717, 1.165) is 0 Å². The Morgan fingerprint density at radius 2 is 1.50 bits per heavy atom. The minimum absolute atomic E-state index is 0.0488. The van der Waals surface area contributed by atoms with Gasteiger partial charge in [0.2, 0.25) is 0 Å². The summed E-state index contributed by atoms with van der Waals surface area (Å²) < 4.78 is 0. The Morgan fingerprint density at radius 1 is 0.900 bits per heavy atom. The molecule has 0 aromatic heterocycles. The van der Waals surface area contributed by atoms with Gasteiger partial charge in [0.25, 0.3) is 0 Å². The molecule has 0 radical (unpaired) electrons. The van der Waals surface area contributed by atoms with Crippen LogP contribution in [0, 0.1) is 10.8 Å². The van der Waals surface area contributed by atoms with E-state index in [2.05, 4.69) is 75.6 Å². The minimum Gasteiger partial charge on any atom is -0.282 e. The molecule has 4 rings (SSSR count). The maximum absolute atomic E-state index is 4.74. The summed E-state index contributed by atoms with van der Waals surface area (Å²) in [6, 6.07) is 10.6. The van der Waals surface area contributed by atoms with Crippen molar-refractivity contribution in [3.05, 3.63) is 47.0 Å². The number of hydrogen-bond acceptors (Lipinski definition) is 3. The molecule has 104 valence electrons. The number of rotatable bonds is 1. The first-order valence-electron chi connectivity index (χ1n) is 7.31. The van der Waals surface area contributed by atoms with Crippen LogP contribution in [0.4, 0.5) is 0 Å². The fourth-order valence-electron chi connectivity index (χ4n) is 5.65. The van der Waals surface area contributed by atoms with Crippen LogP contribution in [0.1, 0.15) is 40.2 Å². The monoisotopic (exact) mass is 267 g/mol. The number of nitrogens with zero attached hydrogens (tertiary/aromatic N) is 2. The molecule has 1 heterocycles. The fourth-order valence-corrected chi connectivity index (χ4v) is 5.65. The molecular formula is C17H21N3. The Balaban J connectivity index is 2.04. The second-order valence-electron chi connectivity index (χ2n) is 7.01. The second kappa shape index (κ2) is 3.00. The molecule has 1 fully saturated rings. The quantitative estimate of drug-likeness (QED) is 0.767. The zero-order valence-corrected chi connectivity index (χ0v) is 12.8. The number of hydrogen-bond donors (Lipinski definition) is 1. The molecule has 4 atom stereocenters. The van der Waals surface area contributed by atoms with Gasteiger partial charge in [0.05, 0.1) is 5.54 Å². The van der Waals surface area contributed by atoms with Crippen molar-refractivity contribution in [2.45, 2.75) is 45.7 Å². The average Bonchev–Trinajstić information content (AvgIpc) is 2.82. The van der Waals surface area contributed by atoms with E-state index < -0.39 is 0 Å². The molecule has 0 amide bonds. The summed E-state index contributed by atoms with van der Waals surface area (Å²) in [5, 5.41) is 9.02. The van der Waals surface area contributed by atoms with Crippen LogP contribution in [0.3, 0.4) is 0 Å². The van der Waals surface area contributed by atoms with Crippen molar-refractivity contribution in [3.8, 4) is 0 Å². The van der Waals surface area contributed by atoms with E-state index in [1.54, 1.807) is 0 Å². The third kappa shape index (κ3) is 0.737. The van der Waals surface area contributed by atoms with E-state index in [0.29, 0.717) is 0 Å². The molecule has 1 saturated carbocycles. The lowest BCUT2D eigenvalue weighted by molar-refractivity contribution is -0.205. The summed E-state index contributed by atoms with van der Waals surface area (Å²) in [5.41, 5.74) is 7.33. The fraction of sp³-hybridized carbons (Fsp3) is 0.529. The predicted molar refractivity (Wildman–Crippen MR) is 79.1 cm³/mol. The van der Waals surface area contributed by atoms with Gasteiger partial charge in [-0.15, -0.1) is 0 Å². The summed E-state index contributed by atoms with van der Waals surface area (Å²) in [6.07, 6.45) is 0. The number of benzene rings is 1. The molecular weight excluding hydrogens is 246 g/mol. The molecule has 3 heteroatoms. The van der Waals surface area contributed by atoms with Gasteiger partial charge in [0.15, 0.2) is 0 Å². The first-order valence-corrected chi connectivity index (χ1v) is 7.31. The third-order valence-corrected chi connectivity index (χ3v) is 7.17. The summed E-state index contributed by atoms with van der Waals surface area (Å²) >= 11 is 0. The number of fused-ring (bicyclic) bond motifs is 4. The van der Waals surface area contributed by atoms with Gasteiger partial charge in [0.1, 0.15) is 5.54 Å². The third-order valence-electron chi connectivity index (χ3n) is 7.17. The van der Waals surface area contributed by atoms with Gasteiger partial charge in [-0.3, -0.25) is 5.43 Å². The van der Waals surface area contributed by atoms with Crippen molar-refractivity contribution in [1.82, 2.24) is 5.43 Å². The molecule has 3 aliphatic rings. The molecule has 0 saturated heterocycles. The average molecular weight is 267 g/mol. The highest BCUT2D eigenvalue weighted by molar-refractivity contribution is 5.62. The zero-order valence-electron chi connectivity index (χ0n) is 12.8. The van der Waals surface area contributed by atoms with Gasteiger partial charge < -0.3 is 0 Å². The highest BCUT2D eigenvalue weighted by Crippen LogP contribution is 2.85. The molecule has 0 spiro atoms. The van der Waals surface area contributed by atoms with Crippen LogP contribution in [0.15, 0.2) is 51.8 Å². The SMILES string of the molecule is CC1=C(C)[C@]2(C)[C@@]3(C)NN=N[C@]3(c3ccccc3)[C@@]12C. The van der Waals surface area contributed by atoms with Crippen LogP contribution >= 0.6 is 0 Å². The van der Waals surface area contributed by atoms with Crippen molar-refractivity contribution < 1.29 is 0 Å². The minimum atomic E-state index is -0.278. The lowest BCUT2D eigenvalue weighted by atomic mass is 9.22. The lowest BCUT2D eigenvalue weighted by Crippen LogP contribution is -2.88. The van der Waals surface area contributed by atoms with Gasteiger partial charge in [-0.25, -0.2) is 0 Å². The molecule has 0 unspecified atom stereocenters. The Labute approximate surface area is 120 Å². The first-order chi connectivity index (χ1) is 9.38. The summed E-state index contributed by atoms with van der Waals surface area (Å²) in [6.45, 7) is 11.5. The normalized spacial score (nSPS) is 48.0. The van der Waals surface area contributed by atoms with Crippen molar-refractivity contribution >= 4 is 0 Å². The van der Waals surface area contributed by atoms with Crippen LogP contribution in [0.5, 0.6) is 0 Å². The van der Waals surface area contributed by atoms with E-state index in [9.17, 15) is 0 Å². The van der Waals surface area contributed by atoms with Crippen LogP contribution in [0.2, 0.25) is 0 Å². The molecule has 1 aliphatic heterocycles. The van der Waals surface area contributed by atoms with E-state index in [1.807, 2.05) is 0 Å². The summed E-state index contributed by atoms with van der Waals surface area (Å²) in [7, 11) is 0. The maximum Gasteiger partial charge on any atom is 0.143 e. The van der Waals surface area contributed by atoms with Crippen LogP contribution < -0.4 is 5.43 Å². The smallest absolute Gasteiger partial charge is 0.143 e. The second-order valence-corrected chi connectivity index (χ2v) is 7.01. The topological polar surface area (TPSA) is 36.8 Å². The van der Waals surface area contributed by atoms with Crippen LogP contribution in [-0.2, 0) is 5.54 Å². The lowest BCUT2D eigenvalue weighted by Gasteiger charge is -2.81. The van der Waals surface area contributed by atoms with E-state index in [4.69, 9.17) is 5.11 Å².